The van der Waals surface area contributed by atoms with Gasteiger partial charge in [0.05, 0.1) is 32.5 Å². The van der Waals surface area contributed by atoms with Crippen molar-refractivity contribution >= 4 is 13.2 Å². The van der Waals surface area contributed by atoms with E-state index in [4.69, 9.17) is 23.5 Å². The van der Waals surface area contributed by atoms with E-state index in [9.17, 15) is 0 Å². The van der Waals surface area contributed by atoms with Crippen LogP contribution < -0.4 is 14.2 Å². The van der Waals surface area contributed by atoms with Crippen LogP contribution in [0.1, 0.15) is 33.3 Å². The maximum Gasteiger partial charge on any atom is 0.487 e. The first-order valence-electron chi connectivity index (χ1n) is 7.58. The summed E-state index contributed by atoms with van der Waals surface area (Å²) < 4.78 is 27.9. The molecular formula is C17H25BO5. The molecule has 1 heterocycles. The van der Waals surface area contributed by atoms with Crippen LogP contribution in [-0.4, -0.2) is 39.6 Å². The molecule has 1 aliphatic rings. The summed E-state index contributed by atoms with van der Waals surface area (Å²) in [4.78, 5) is 0. The van der Waals surface area contributed by atoms with E-state index in [1.807, 2.05) is 51.9 Å². The van der Waals surface area contributed by atoms with Crippen LogP contribution in [0, 0.1) is 0 Å². The quantitative estimate of drug-likeness (QED) is 0.779. The first kappa shape index (κ1) is 17.7. The summed E-state index contributed by atoms with van der Waals surface area (Å²) in [6.45, 7) is 8.11. The maximum absolute atomic E-state index is 5.95. The molecule has 0 bridgehead atoms. The molecule has 1 saturated heterocycles. The summed E-state index contributed by atoms with van der Waals surface area (Å²) in [6.07, 6.45) is 1.92. The van der Waals surface area contributed by atoms with E-state index in [2.05, 4.69) is 0 Å². The van der Waals surface area contributed by atoms with Crippen LogP contribution in [0.4, 0.5) is 0 Å². The van der Waals surface area contributed by atoms with Crippen molar-refractivity contribution < 1.29 is 23.5 Å². The lowest BCUT2D eigenvalue weighted by molar-refractivity contribution is 0.00578. The lowest BCUT2D eigenvalue weighted by atomic mass is 9.89. The molecule has 1 aliphatic heterocycles. The first-order chi connectivity index (χ1) is 10.7. The highest BCUT2D eigenvalue weighted by atomic mass is 16.7. The zero-order chi connectivity index (χ0) is 17.3. The van der Waals surface area contributed by atoms with Gasteiger partial charge in [-0.3, -0.25) is 0 Å². The fourth-order valence-electron chi connectivity index (χ4n) is 2.35. The van der Waals surface area contributed by atoms with Gasteiger partial charge in [0.15, 0.2) is 11.5 Å². The third-order valence-electron chi connectivity index (χ3n) is 4.40. The highest BCUT2D eigenvalue weighted by molar-refractivity contribution is 6.52. The van der Waals surface area contributed by atoms with Gasteiger partial charge >= 0.3 is 7.12 Å². The van der Waals surface area contributed by atoms with Crippen LogP contribution in [0.25, 0.3) is 6.08 Å². The Balaban J connectivity index is 2.24. The second kappa shape index (κ2) is 6.45. The highest BCUT2D eigenvalue weighted by Crippen LogP contribution is 2.39. The molecule has 0 atom stereocenters. The summed E-state index contributed by atoms with van der Waals surface area (Å²) in [5.41, 5.74) is 0.211. The zero-order valence-corrected chi connectivity index (χ0v) is 14.9. The van der Waals surface area contributed by atoms with Crippen molar-refractivity contribution in [2.75, 3.05) is 21.3 Å². The van der Waals surface area contributed by atoms with E-state index in [1.165, 1.54) is 0 Å². The van der Waals surface area contributed by atoms with Crippen molar-refractivity contribution in [3.63, 3.8) is 0 Å². The Hall–Kier alpha value is -1.66. The number of hydrogen-bond donors (Lipinski definition) is 0. The minimum Gasteiger partial charge on any atom is -0.493 e. The van der Waals surface area contributed by atoms with Crippen LogP contribution >= 0.6 is 0 Å². The van der Waals surface area contributed by atoms with E-state index in [0.29, 0.717) is 17.2 Å². The Morgan fingerprint density at radius 3 is 1.74 bits per heavy atom. The lowest BCUT2D eigenvalue weighted by Crippen LogP contribution is -2.41. The molecule has 126 valence electrons. The molecule has 6 heteroatoms. The topological polar surface area (TPSA) is 46.2 Å². The van der Waals surface area contributed by atoms with Gasteiger partial charge in [0.1, 0.15) is 0 Å². The van der Waals surface area contributed by atoms with Gasteiger partial charge in [0.25, 0.3) is 0 Å². The molecule has 0 amide bonds. The number of ether oxygens (including phenoxy) is 3. The monoisotopic (exact) mass is 320 g/mol. The van der Waals surface area contributed by atoms with E-state index in [1.54, 1.807) is 21.3 Å². The van der Waals surface area contributed by atoms with Gasteiger partial charge in [-0.15, -0.1) is 0 Å². The summed E-state index contributed by atoms with van der Waals surface area (Å²) in [6, 6.07) is 3.76. The van der Waals surface area contributed by atoms with E-state index in [0.717, 1.165) is 5.56 Å². The molecule has 2 rings (SSSR count). The summed E-state index contributed by atoms with van der Waals surface area (Å²) in [7, 11) is 4.39. The Bertz CT molecular complexity index is 554. The van der Waals surface area contributed by atoms with Crippen LogP contribution in [0.5, 0.6) is 17.2 Å². The predicted molar refractivity (Wildman–Crippen MR) is 91.2 cm³/mol. The summed E-state index contributed by atoms with van der Waals surface area (Å²) in [5, 5.41) is 0. The predicted octanol–water partition coefficient (Wildman–Crippen LogP) is 3.36. The van der Waals surface area contributed by atoms with Crippen molar-refractivity contribution in [1.82, 2.24) is 0 Å². The van der Waals surface area contributed by atoms with Gasteiger partial charge < -0.3 is 23.5 Å². The number of rotatable bonds is 5. The van der Waals surface area contributed by atoms with Crippen LogP contribution in [0.15, 0.2) is 18.1 Å². The maximum atomic E-state index is 5.95. The van der Waals surface area contributed by atoms with Gasteiger partial charge in [0.2, 0.25) is 5.75 Å². The minimum atomic E-state index is -0.390. The molecule has 23 heavy (non-hydrogen) atoms. The largest absolute Gasteiger partial charge is 0.493 e. The Labute approximate surface area is 138 Å². The van der Waals surface area contributed by atoms with E-state index < -0.39 is 0 Å². The third-order valence-corrected chi connectivity index (χ3v) is 4.40. The molecule has 0 saturated carbocycles. The van der Waals surface area contributed by atoms with Crippen molar-refractivity contribution in [2.24, 2.45) is 0 Å². The average Bonchev–Trinajstić information content (AvgIpc) is 2.71. The fraction of sp³-hybridized carbons (Fsp3) is 0.529. The zero-order valence-electron chi connectivity index (χ0n) is 14.9. The summed E-state index contributed by atoms with van der Waals surface area (Å²) in [5.74, 6) is 3.68. The van der Waals surface area contributed by atoms with Gasteiger partial charge in [0, 0.05) is 0 Å². The van der Waals surface area contributed by atoms with Gasteiger partial charge in [-0.1, -0.05) is 12.1 Å². The summed E-state index contributed by atoms with van der Waals surface area (Å²) >= 11 is 0. The highest BCUT2D eigenvalue weighted by Gasteiger charge is 2.49. The number of hydrogen-bond acceptors (Lipinski definition) is 5. The van der Waals surface area contributed by atoms with Crippen molar-refractivity contribution in [3.8, 4) is 17.2 Å². The van der Waals surface area contributed by atoms with Crippen molar-refractivity contribution in [3.05, 3.63) is 23.7 Å². The third kappa shape index (κ3) is 3.48. The molecule has 1 aromatic carbocycles. The van der Waals surface area contributed by atoms with Gasteiger partial charge in [-0.2, -0.15) is 0 Å². The molecule has 0 radical (unpaired) electrons. The molecule has 0 unspecified atom stereocenters. The minimum absolute atomic E-state index is 0.350. The Morgan fingerprint density at radius 1 is 0.870 bits per heavy atom. The molecule has 1 fully saturated rings. The standard InChI is InChI=1S/C17H25BO5/c1-16(2)17(3,4)23-18(22-16)9-8-12-10-13(19-5)15(21-7)14(11-12)20-6/h8-11H,1-7H3/b9-8-. The SMILES string of the molecule is COc1cc(/C=C\B2OC(C)(C)C(C)(C)O2)cc(OC)c1OC. The van der Waals surface area contributed by atoms with Crippen molar-refractivity contribution in [2.45, 2.75) is 38.9 Å². The van der Waals surface area contributed by atoms with Crippen molar-refractivity contribution in [1.29, 1.82) is 0 Å². The fourth-order valence-corrected chi connectivity index (χ4v) is 2.35. The molecule has 0 spiro atoms. The molecule has 0 N–H and O–H groups in total. The van der Waals surface area contributed by atoms with Crippen LogP contribution in [-0.2, 0) is 9.31 Å². The normalized spacial score (nSPS) is 19.2. The van der Waals surface area contributed by atoms with Crippen LogP contribution in [0.3, 0.4) is 0 Å². The molecule has 0 aromatic heterocycles. The van der Waals surface area contributed by atoms with Gasteiger partial charge in [-0.25, -0.2) is 0 Å². The Kier molecular flexibility index (Phi) is 4.97. The van der Waals surface area contributed by atoms with E-state index in [-0.39, 0.29) is 18.3 Å². The molecule has 1 aromatic rings. The van der Waals surface area contributed by atoms with E-state index >= 15 is 0 Å². The molecular weight excluding hydrogens is 295 g/mol. The number of methoxy groups -OCH3 is 3. The first-order valence-corrected chi connectivity index (χ1v) is 7.58. The second-order valence-electron chi connectivity index (χ2n) is 6.44. The average molecular weight is 320 g/mol. The van der Waals surface area contributed by atoms with Gasteiger partial charge in [-0.05, 0) is 45.4 Å². The lowest BCUT2D eigenvalue weighted by Gasteiger charge is -2.32. The van der Waals surface area contributed by atoms with Crippen LogP contribution in [0.2, 0.25) is 0 Å². The molecule has 0 aliphatic carbocycles. The second-order valence-corrected chi connectivity index (χ2v) is 6.44. The number of benzene rings is 1. The molecule has 5 nitrogen and oxygen atoms in total. The Morgan fingerprint density at radius 2 is 1.35 bits per heavy atom. The smallest absolute Gasteiger partial charge is 0.487 e.